The van der Waals surface area contributed by atoms with Gasteiger partial charge in [0.25, 0.3) is 0 Å². The Kier molecular flexibility index (Phi) is 10.1. The lowest BCUT2D eigenvalue weighted by atomic mass is 9.98. The van der Waals surface area contributed by atoms with Crippen molar-refractivity contribution in [2.24, 2.45) is 16.3 Å². The largest absolute Gasteiger partial charge is 0.493 e. The van der Waals surface area contributed by atoms with E-state index in [4.69, 9.17) is 19.9 Å². The zero-order valence-corrected chi connectivity index (χ0v) is 26.2. The van der Waals surface area contributed by atoms with Crippen molar-refractivity contribution in [1.29, 1.82) is 0 Å². The van der Waals surface area contributed by atoms with Crippen molar-refractivity contribution in [2.75, 3.05) is 56.8 Å². The van der Waals surface area contributed by atoms with Gasteiger partial charge in [0, 0.05) is 35.7 Å². The van der Waals surface area contributed by atoms with Crippen LogP contribution >= 0.6 is 0 Å². The molecule has 1 heterocycles. The molecule has 3 aromatic rings. The molecule has 4 N–H and O–H groups in total. The normalized spacial score (nSPS) is 16.4. The van der Waals surface area contributed by atoms with E-state index in [1.54, 1.807) is 12.1 Å². The fraction of sp³-hybridized carbons (Fsp3) is 0.382. The number of nitrogen functional groups attached to an aromatic ring is 1. The maximum absolute atomic E-state index is 15.3. The molecule has 0 atom stereocenters. The van der Waals surface area contributed by atoms with Crippen LogP contribution in [-0.4, -0.2) is 63.0 Å². The minimum atomic E-state index is -1.29. The lowest BCUT2D eigenvalue weighted by Gasteiger charge is -2.29. The van der Waals surface area contributed by atoms with Crippen LogP contribution in [-0.2, 0) is 9.59 Å². The van der Waals surface area contributed by atoms with E-state index in [1.165, 1.54) is 43.5 Å². The van der Waals surface area contributed by atoms with Gasteiger partial charge in [0.05, 0.1) is 19.3 Å². The Morgan fingerprint density at radius 1 is 0.957 bits per heavy atom. The van der Waals surface area contributed by atoms with E-state index in [0.717, 1.165) is 32.0 Å². The highest BCUT2D eigenvalue weighted by Crippen LogP contribution is 2.47. The van der Waals surface area contributed by atoms with Gasteiger partial charge in [0.15, 0.2) is 23.1 Å². The van der Waals surface area contributed by atoms with E-state index in [9.17, 15) is 14.0 Å². The van der Waals surface area contributed by atoms with E-state index in [1.807, 2.05) is 6.92 Å². The molecule has 244 valence electrons. The fourth-order valence-corrected chi connectivity index (χ4v) is 5.27. The standard InChI is InChI=1S/C34H39F2N5O5/c1-4-38-31(25-18-30(29(44-3)19-27(25)37)45-20-21-11-15-41(2)16-12-21)46-28-10-9-24(17-26(28)36)40-33(43)34(13-14-34)32(42)39-23-7-5-22(35)6-8-23/h5-10,17-19,21H,4,11-16,20,37H2,1-3H3,(H,39,42)(H,40,43)/b38-31+. The summed E-state index contributed by atoms with van der Waals surface area (Å²) in [6, 6.07) is 12.5. The molecule has 0 unspecified atom stereocenters. The fourth-order valence-electron chi connectivity index (χ4n) is 5.27. The first kappa shape index (κ1) is 32.7. The summed E-state index contributed by atoms with van der Waals surface area (Å²) in [4.78, 5) is 32.7. The van der Waals surface area contributed by atoms with Crippen molar-refractivity contribution in [3.05, 3.63) is 71.8 Å². The molecule has 3 aromatic carbocycles. The van der Waals surface area contributed by atoms with Crippen LogP contribution in [0.4, 0.5) is 25.8 Å². The Morgan fingerprint density at radius 2 is 1.61 bits per heavy atom. The number of amides is 2. The summed E-state index contributed by atoms with van der Waals surface area (Å²) in [7, 11) is 3.64. The second-order valence-electron chi connectivity index (χ2n) is 11.7. The summed E-state index contributed by atoms with van der Waals surface area (Å²) in [5.74, 6) is -0.950. The Balaban J connectivity index is 1.27. The summed E-state index contributed by atoms with van der Waals surface area (Å²) in [6.07, 6.45) is 2.73. The molecule has 1 aliphatic heterocycles. The molecule has 2 aliphatic rings. The second kappa shape index (κ2) is 14.2. The molecule has 46 heavy (non-hydrogen) atoms. The first-order valence-electron chi connectivity index (χ1n) is 15.3. The second-order valence-corrected chi connectivity index (χ2v) is 11.7. The van der Waals surface area contributed by atoms with Gasteiger partial charge in [-0.3, -0.25) is 14.6 Å². The predicted molar refractivity (Wildman–Crippen MR) is 173 cm³/mol. The molecule has 1 saturated carbocycles. The number of nitrogens with one attached hydrogen (secondary N) is 2. The van der Waals surface area contributed by atoms with Gasteiger partial charge in [0.2, 0.25) is 17.7 Å². The highest BCUT2D eigenvalue weighted by atomic mass is 19.1. The molecule has 0 aromatic heterocycles. The summed E-state index contributed by atoms with van der Waals surface area (Å²) in [5, 5.41) is 5.28. The van der Waals surface area contributed by atoms with E-state index in [-0.39, 0.29) is 17.3 Å². The first-order chi connectivity index (χ1) is 22.1. The monoisotopic (exact) mass is 635 g/mol. The third-order valence-electron chi connectivity index (χ3n) is 8.30. The van der Waals surface area contributed by atoms with Gasteiger partial charge < -0.3 is 35.5 Å². The zero-order chi connectivity index (χ0) is 32.8. The van der Waals surface area contributed by atoms with E-state index in [0.29, 0.717) is 60.3 Å². The third kappa shape index (κ3) is 7.56. The van der Waals surface area contributed by atoms with Crippen LogP contribution in [0.2, 0.25) is 0 Å². The third-order valence-corrected chi connectivity index (χ3v) is 8.30. The number of hydrogen-bond donors (Lipinski definition) is 3. The number of piperidine rings is 1. The maximum atomic E-state index is 15.3. The predicted octanol–water partition coefficient (Wildman–Crippen LogP) is 5.48. The SMILES string of the molecule is CC/N=C(/Oc1ccc(NC(=O)C2(C(=O)Nc3ccc(F)cc3)CC2)cc1F)c1cc(OCC2CCN(C)CC2)c(OC)cc1N. The summed E-state index contributed by atoms with van der Waals surface area (Å²) < 4.78 is 46.2. The number of likely N-dealkylation sites (tertiary alicyclic amines) is 1. The van der Waals surface area contributed by atoms with E-state index < -0.39 is 28.9 Å². The van der Waals surface area contributed by atoms with Crippen LogP contribution in [0.25, 0.3) is 0 Å². The van der Waals surface area contributed by atoms with Crippen molar-refractivity contribution < 1.29 is 32.6 Å². The van der Waals surface area contributed by atoms with Gasteiger partial charge >= 0.3 is 0 Å². The number of nitrogens with zero attached hydrogens (tertiary/aromatic N) is 2. The van der Waals surface area contributed by atoms with Crippen LogP contribution in [0.15, 0.2) is 59.6 Å². The summed E-state index contributed by atoms with van der Waals surface area (Å²) in [6.45, 7) is 4.70. The number of hydrogen-bond acceptors (Lipinski definition) is 8. The molecule has 2 fully saturated rings. The topological polar surface area (TPSA) is 128 Å². The van der Waals surface area contributed by atoms with Crippen molar-refractivity contribution in [1.82, 2.24) is 4.90 Å². The first-order valence-corrected chi connectivity index (χ1v) is 15.3. The Bertz CT molecular complexity index is 1600. The van der Waals surface area contributed by atoms with Crippen molar-refractivity contribution in [3.8, 4) is 17.2 Å². The molecule has 0 bridgehead atoms. The lowest BCUT2D eigenvalue weighted by molar-refractivity contribution is -0.131. The van der Waals surface area contributed by atoms with Crippen LogP contribution in [0.3, 0.4) is 0 Å². The smallest absolute Gasteiger partial charge is 0.240 e. The molecule has 10 nitrogen and oxygen atoms in total. The quantitative estimate of drug-likeness (QED) is 0.110. The van der Waals surface area contributed by atoms with Crippen LogP contribution < -0.4 is 30.6 Å². The number of carbonyl (C=O) groups is 2. The lowest BCUT2D eigenvalue weighted by Crippen LogP contribution is -2.35. The number of carbonyl (C=O) groups excluding carboxylic acids is 2. The molecule has 0 spiro atoms. The van der Waals surface area contributed by atoms with E-state index in [2.05, 4.69) is 27.6 Å². The molecule has 12 heteroatoms. The van der Waals surface area contributed by atoms with Gasteiger partial charge in [-0.25, -0.2) is 8.78 Å². The number of nitrogens with two attached hydrogens (primary N) is 1. The highest BCUT2D eigenvalue weighted by molar-refractivity contribution is 6.17. The maximum Gasteiger partial charge on any atom is 0.240 e. The minimum Gasteiger partial charge on any atom is -0.493 e. The number of ether oxygens (including phenoxy) is 3. The molecule has 0 radical (unpaired) electrons. The molecule has 5 rings (SSSR count). The van der Waals surface area contributed by atoms with Gasteiger partial charge in [-0.1, -0.05) is 0 Å². The van der Waals surface area contributed by atoms with Gasteiger partial charge in [0.1, 0.15) is 11.2 Å². The van der Waals surface area contributed by atoms with Crippen LogP contribution in [0.5, 0.6) is 17.2 Å². The number of methoxy groups -OCH3 is 1. The molecule has 2 amide bonds. The molecule has 1 saturated heterocycles. The van der Waals surface area contributed by atoms with Gasteiger partial charge in [-0.15, -0.1) is 0 Å². The zero-order valence-electron chi connectivity index (χ0n) is 26.2. The van der Waals surface area contributed by atoms with E-state index >= 15 is 4.39 Å². The van der Waals surface area contributed by atoms with Crippen LogP contribution in [0, 0.1) is 23.0 Å². The van der Waals surface area contributed by atoms with Gasteiger partial charge in [-0.05, 0) is 101 Å². The highest BCUT2D eigenvalue weighted by Gasteiger charge is 2.56. The molecule has 1 aliphatic carbocycles. The number of halogens is 2. The minimum absolute atomic E-state index is 0.0943. The number of benzene rings is 3. The summed E-state index contributed by atoms with van der Waals surface area (Å²) in [5.41, 5.74) is 6.32. The average Bonchev–Trinajstić information content (AvgIpc) is 3.86. The average molecular weight is 636 g/mol. The Labute approximate surface area is 266 Å². The number of rotatable bonds is 11. The van der Waals surface area contributed by atoms with Crippen molar-refractivity contribution in [3.63, 3.8) is 0 Å². The molecular weight excluding hydrogens is 596 g/mol. The van der Waals surface area contributed by atoms with Crippen LogP contribution in [0.1, 0.15) is 38.2 Å². The van der Waals surface area contributed by atoms with Gasteiger partial charge in [-0.2, -0.15) is 0 Å². The van der Waals surface area contributed by atoms with Crippen molar-refractivity contribution >= 4 is 34.8 Å². The summed E-state index contributed by atoms with van der Waals surface area (Å²) >= 11 is 0. The number of aliphatic imine (C=N–C) groups is 1. The van der Waals surface area contributed by atoms with Crippen molar-refractivity contribution in [2.45, 2.75) is 32.6 Å². The molecular formula is C34H39F2N5O5. The Morgan fingerprint density at radius 3 is 2.22 bits per heavy atom. The Hall–Kier alpha value is -4.71. The number of anilines is 3.